The van der Waals surface area contributed by atoms with E-state index in [1.165, 1.54) is 18.2 Å². The monoisotopic (exact) mass is 323 g/mol. The van der Waals surface area contributed by atoms with Crippen molar-refractivity contribution in [2.45, 2.75) is 0 Å². The fraction of sp³-hybridized carbons (Fsp3) is 0.0667. The molecule has 0 aromatic heterocycles. The average Bonchev–Trinajstić information content (AvgIpc) is 2.48. The smallest absolute Gasteiger partial charge is 0.319 e. The summed E-state index contributed by atoms with van der Waals surface area (Å²) in [4.78, 5) is 23.1. The molecule has 0 aliphatic heterocycles. The molecule has 2 rings (SSSR count). The molecule has 2 aromatic rings. The first-order valence-corrected chi connectivity index (χ1v) is 6.49. The molecule has 0 saturated carbocycles. The molecule has 0 atom stereocenters. The van der Waals surface area contributed by atoms with E-state index in [2.05, 4.69) is 16.0 Å². The Morgan fingerprint density at radius 2 is 1.65 bits per heavy atom. The lowest BCUT2D eigenvalue weighted by Gasteiger charge is -2.09. The third-order valence-corrected chi connectivity index (χ3v) is 2.70. The number of hydrogen-bond acceptors (Lipinski definition) is 2. The normalized spacial score (nSPS) is 10.0. The summed E-state index contributed by atoms with van der Waals surface area (Å²) in [5.74, 6) is -2.82. The van der Waals surface area contributed by atoms with Gasteiger partial charge in [-0.1, -0.05) is 6.07 Å². The lowest BCUT2D eigenvalue weighted by Crippen LogP contribution is -2.36. The maximum Gasteiger partial charge on any atom is 0.319 e. The zero-order chi connectivity index (χ0) is 16.8. The minimum atomic E-state index is -0.940. The van der Waals surface area contributed by atoms with Crippen LogP contribution in [-0.4, -0.2) is 18.5 Å². The second kappa shape index (κ2) is 7.30. The molecule has 0 saturated heterocycles. The molecule has 5 nitrogen and oxygen atoms in total. The summed E-state index contributed by atoms with van der Waals surface area (Å²) in [5.41, 5.74) is 0.0104. The number of carbonyl (C=O) groups excluding carboxylic acids is 2. The number of carbonyl (C=O) groups is 2. The Kier molecular flexibility index (Phi) is 5.19. The summed E-state index contributed by atoms with van der Waals surface area (Å²) in [7, 11) is 0. The van der Waals surface area contributed by atoms with E-state index in [0.717, 1.165) is 18.2 Å². The highest BCUT2D eigenvalue weighted by Crippen LogP contribution is 2.14. The van der Waals surface area contributed by atoms with Crippen LogP contribution in [0.5, 0.6) is 0 Å². The van der Waals surface area contributed by atoms with Gasteiger partial charge in [0.15, 0.2) is 0 Å². The molecular weight excluding hydrogens is 311 g/mol. The summed E-state index contributed by atoms with van der Waals surface area (Å²) in [6.45, 7) is -0.412. The quantitative estimate of drug-likeness (QED) is 0.810. The van der Waals surface area contributed by atoms with Crippen LogP contribution in [0.15, 0.2) is 42.5 Å². The van der Waals surface area contributed by atoms with Crippen LogP contribution in [0.25, 0.3) is 0 Å². The highest BCUT2D eigenvalue weighted by Gasteiger charge is 2.09. The minimum absolute atomic E-state index is 0.227. The van der Waals surface area contributed by atoms with E-state index >= 15 is 0 Å². The minimum Gasteiger partial charge on any atom is -0.329 e. The average molecular weight is 323 g/mol. The fourth-order valence-electron chi connectivity index (χ4n) is 1.69. The van der Waals surface area contributed by atoms with E-state index < -0.39 is 35.9 Å². The number of hydrogen-bond donors (Lipinski definition) is 3. The lowest BCUT2D eigenvalue weighted by atomic mass is 10.3. The predicted octanol–water partition coefficient (Wildman–Crippen LogP) is 2.86. The molecule has 0 heterocycles. The van der Waals surface area contributed by atoms with Gasteiger partial charge in [0.25, 0.3) is 0 Å². The van der Waals surface area contributed by atoms with Crippen molar-refractivity contribution in [2.75, 3.05) is 17.2 Å². The first-order valence-electron chi connectivity index (χ1n) is 6.49. The van der Waals surface area contributed by atoms with Crippen molar-refractivity contribution in [2.24, 2.45) is 0 Å². The van der Waals surface area contributed by atoms with Crippen molar-refractivity contribution in [1.29, 1.82) is 0 Å². The van der Waals surface area contributed by atoms with Gasteiger partial charge in [0.05, 0.1) is 12.2 Å². The first kappa shape index (κ1) is 16.3. The van der Waals surface area contributed by atoms with Gasteiger partial charge in [-0.2, -0.15) is 0 Å². The van der Waals surface area contributed by atoms with E-state index in [9.17, 15) is 22.8 Å². The lowest BCUT2D eigenvalue weighted by molar-refractivity contribution is -0.115. The van der Waals surface area contributed by atoms with Crippen LogP contribution in [0.3, 0.4) is 0 Å². The van der Waals surface area contributed by atoms with Crippen LogP contribution < -0.4 is 16.0 Å². The van der Waals surface area contributed by atoms with Gasteiger partial charge in [0, 0.05) is 11.8 Å². The van der Waals surface area contributed by atoms with Gasteiger partial charge in [0.1, 0.15) is 17.5 Å². The molecule has 2 aromatic carbocycles. The summed E-state index contributed by atoms with van der Waals surface area (Å²) in [6.07, 6.45) is 0. The largest absolute Gasteiger partial charge is 0.329 e. The van der Waals surface area contributed by atoms with Gasteiger partial charge in [-0.15, -0.1) is 0 Å². The van der Waals surface area contributed by atoms with Crippen LogP contribution in [0, 0.1) is 17.5 Å². The molecule has 120 valence electrons. The highest BCUT2D eigenvalue weighted by atomic mass is 19.1. The van der Waals surface area contributed by atoms with E-state index in [1.807, 2.05) is 0 Å². The maximum absolute atomic E-state index is 13.3. The summed E-state index contributed by atoms with van der Waals surface area (Å²) in [5, 5.41) is 6.70. The van der Waals surface area contributed by atoms with Gasteiger partial charge >= 0.3 is 6.03 Å². The van der Waals surface area contributed by atoms with Gasteiger partial charge in [0.2, 0.25) is 5.91 Å². The molecule has 3 N–H and O–H groups in total. The Hall–Kier alpha value is -3.03. The molecule has 0 radical (unpaired) electrons. The number of anilines is 2. The van der Waals surface area contributed by atoms with Crippen molar-refractivity contribution < 1.29 is 22.8 Å². The molecule has 8 heteroatoms. The molecule has 0 bridgehead atoms. The number of nitrogens with one attached hydrogen (secondary N) is 3. The van der Waals surface area contributed by atoms with E-state index in [4.69, 9.17) is 0 Å². The van der Waals surface area contributed by atoms with Crippen LogP contribution in [0.2, 0.25) is 0 Å². The van der Waals surface area contributed by atoms with E-state index in [1.54, 1.807) is 0 Å². The topological polar surface area (TPSA) is 70.2 Å². The van der Waals surface area contributed by atoms with Crippen molar-refractivity contribution in [1.82, 2.24) is 5.32 Å². The van der Waals surface area contributed by atoms with Gasteiger partial charge < -0.3 is 16.0 Å². The number of halogens is 3. The zero-order valence-corrected chi connectivity index (χ0v) is 11.7. The Bertz CT molecular complexity index is 738. The summed E-state index contributed by atoms with van der Waals surface area (Å²) < 4.78 is 39.0. The third kappa shape index (κ3) is 5.03. The van der Waals surface area contributed by atoms with Crippen LogP contribution in [0.4, 0.5) is 29.3 Å². The number of amides is 3. The van der Waals surface area contributed by atoms with Crippen LogP contribution >= 0.6 is 0 Å². The number of rotatable bonds is 4. The Morgan fingerprint density at radius 3 is 2.35 bits per heavy atom. The number of urea groups is 1. The second-order valence-corrected chi connectivity index (χ2v) is 4.49. The molecule has 0 aliphatic carbocycles. The van der Waals surface area contributed by atoms with Crippen molar-refractivity contribution in [3.8, 4) is 0 Å². The van der Waals surface area contributed by atoms with Gasteiger partial charge in [-0.25, -0.2) is 18.0 Å². The van der Waals surface area contributed by atoms with E-state index in [0.29, 0.717) is 6.07 Å². The molecule has 0 unspecified atom stereocenters. The maximum atomic E-state index is 13.3. The van der Waals surface area contributed by atoms with Crippen LogP contribution in [-0.2, 0) is 4.79 Å². The van der Waals surface area contributed by atoms with Crippen LogP contribution in [0.1, 0.15) is 0 Å². The molecule has 0 fully saturated rings. The molecule has 0 aliphatic rings. The van der Waals surface area contributed by atoms with Gasteiger partial charge in [-0.05, 0) is 30.3 Å². The highest BCUT2D eigenvalue weighted by molar-refractivity contribution is 5.96. The Morgan fingerprint density at radius 1 is 0.913 bits per heavy atom. The van der Waals surface area contributed by atoms with Crippen molar-refractivity contribution in [3.05, 3.63) is 59.9 Å². The summed E-state index contributed by atoms with van der Waals surface area (Å²) >= 11 is 0. The van der Waals surface area contributed by atoms with Gasteiger partial charge in [-0.3, -0.25) is 4.79 Å². The molecule has 0 spiro atoms. The Labute approximate surface area is 129 Å². The van der Waals surface area contributed by atoms with Crippen molar-refractivity contribution >= 4 is 23.3 Å². The van der Waals surface area contributed by atoms with Crippen molar-refractivity contribution in [3.63, 3.8) is 0 Å². The summed E-state index contributed by atoms with van der Waals surface area (Å²) in [6, 6.07) is 7.05. The number of benzene rings is 2. The molecule has 3 amide bonds. The second-order valence-electron chi connectivity index (χ2n) is 4.49. The first-order chi connectivity index (χ1) is 10.9. The van der Waals surface area contributed by atoms with E-state index in [-0.39, 0.29) is 11.4 Å². The standard InChI is InChI=1S/C15H12F3N3O2/c16-9-2-1-3-11(6-9)20-14(22)8-19-15(23)21-13-5-4-10(17)7-12(13)18/h1-7H,8H2,(H,20,22)(H2,19,21,23). The molecule has 23 heavy (non-hydrogen) atoms. The predicted molar refractivity (Wildman–Crippen MR) is 78.4 cm³/mol. The Balaban J connectivity index is 1.83. The third-order valence-electron chi connectivity index (χ3n) is 2.70. The molecular formula is C15H12F3N3O2. The SMILES string of the molecule is O=C(CNC(=O)Nc1ccc(F)cc1F)Nc1cccc(F)c1. The zero-order valence-electron chi connectivity index (χ0n) is 11.7. The fourth-order valence-corrected chi connectivity index (χ4v) is 1.69.